The van der Waals surface area contributed by atoms with Gasteiger partial charge in [0.1, 0.15) is 0 Å². The Morgan fingerprint density at radius 3 is 1.55 bits per heavy atom. The standard InChI is InChI=1S/C20H18Cl4N4O2S/c21-15-3-1-13(9-17(15)23)11-25-27-19(29)5-7-31-8-6-20(30)28-26-12-14-2-4-16(22)18(24)10-14/h1-4,9-12H,5-8H2,(H,27,29)(H,28,30)/b25-11+,26-12+. The summed E-state index contributed by atoms with van der Waals surface area (Å²) >= 11 is 25.0. The lowest BCUT2D eigenvalue weighted by Gasteiger charge is -2.02. The molecule has 0 aliphatic rings. The molecule has 0 saturated heterocycles. The zero-order valence-corrected chi connectivity index (χ0v) is 19.9. The van der Waals surface area contributed by atoms with Crippen LogP contribution in [0.2, 0.25) is 20.1 Å². The maximum Gasteiger partial charge on any atom is 0.240 e. The summed E-state index contributed by atoms with van der Waals surface area (Å²) in [4.78, 5) is 23.5. The molecule has 6 nitrogen and oxygen atoms in total. The molecule has 2 N–H and O–H groups in total. The van der Waals surface area contributed by atoms with E-state index >= 15 is 0 Å². The van der Waals surface area contributed by atoms with Crippen LogP contribution in [0.3, 0.4) is 0 Å². The maximum absolute atomic E-state index is 11.8. The van der Waals surface area contributed by atoms with Gasteiger partial charge in [0, 0.05) is 24.3 Å². The summed E-state index contributed by atoms with van der Waals surface area (Å²) in [6.45, 7) is 0. The zero-order valence-electron chi connectivity index (χ0n) is 16.1. The van der Waals surface area contributed by atoms with Crippen LogP contribution >= 0.6 is 58.2 Å². The van der Waals surface area contributed by atoms with Crippen molar-refractivity contribution in [2.45, 2.75) is 12.8 Å². The molecule has 2 aromatic carbocycles. The number of carbonyl (C=O) groups excluding carboxylic acids is 2. The molecule has 0 fully saturated rings. The molecule has 0 radical (unpaired) electrons. The molecule has 0 aliphatic carbocycles. The van der Waals surface area contributed by atoms with Crippen LogP contribution in [0.1, 0.15) is 24.0 Å². The lowest BCUT2D eigenvalue weighted by Crippen LogP contribution is -2.19. The second-order valence-electron chi connectivity index (χ2n) is 6.05. The van der Waals surface area contributed by atoms with Gasteiger partial charge in [-0.05, 0) is 35.4 Å². The van der Waals surface area contributed by atoms with Gasteiger partial charge in [0.25, 0.3) is 0 Å². The highest BCUT2D eigenvalue weighted by Crippen LogP contribution is 2.22. The van der Waals surface area contributed by atoms with Crippen LogP contribution in [0.4, 0.5) is 0 Å². The van der Waals surface area contributed by atoms with Gasteiger partial charge in [-0.2, -0.15) is 22.0 Å². The topological polar surface area (TPSA) is 82.9 Å². The number of nitrogens with one attached hydrogen (secondary N) is 2. The Morgan fingerprint density at radius 1 is 0.742 bits per heavy atom. The number of carbonyl (C=O) groups is 2. The fourth-order valence-electron chi connectivity index (χ4n) is 2.09. The first-order chi connectivity index (χ1) is 14.8. The second kappa shape index (κ2) is 13.6. The van der Waals surface area contributed by atoms with E-state index in [1.165, 1.54) is 24.2 Å². The van der Waals surface area contributed by atoms with Crippen molar-refractivity contribution >= 4 is 82.4 Å². The maximum atomic E-state index is 11.8. The number of hydrogen-bond acceptors (Lipinski definition) is 5. The predicted molar refractivity (Wildman–Crippen MR) is 131 cm³/mol. The molecular weight excluding hydrogens is 502 g/mol. The number of rotatable bonds is 10. The SMILES string of the molecule is O=C(CCSCCC(=O)N/N=C/c1ccc(Cl)c(Cl)c1)N/N=C/c1ccc(Cl)c(Cl)c1. The highest BCUT2D eigenvalue weighted by atomic mass is 35.5. The molecule has 0 unspecified atom stereocenters. The van der Waals surface area contributed by atoms with Crippen molar-refractivity contribution in [2.24, 2.45) is 10.2 Å². The molecule has 164 valence electrons. The van der Waals surface area contributed by atoms with Gasteiger partial charge in [-0.1, -0.05) is 58.5 Å². The molecule has 11 heteroatoms. The molecule has 0 aromatic heterocycles. The van der Waals surface area contributed by atoms with Gasteiger partial charge in [-0.25, -0.2) is 10.9 Å². The Kier molecular flexibility index (Phi) is 11.2. The van der Waals surface area contributed by atoms with Crippen LogP contribution in [0.15, 0.2) is 46.6 Å². The van der Waals surface area contributed by atoms with E-state index in [0.29, 0.717) is 31.6 Å². The van der Waals surface area contributed by atoms with Gasteiger partial charge >= 0.3 is 0 Å². The van der Waals surface area contributed by atoms with E-state index in [9.17, 15) is 9.59 Å². The fraction of sp³-hybridized carbons (Fsp3) is 0.200. The van der Waals surface area contributed by atoms with E-state index in [2.05, 4.69) is 21.1 Å². The monoisotopic (exact) mass is 518 g/mol. The second-order valence-corrected chi connectivity index (χ2v) is 8.90. The first kappa shape index (κ1) is 25.5. The number of nitrogens with zero attached hydrogens (tertiary/aromatic N) is 2. The van der Waals surface area contributed by atoms with Gasteiger partial charge in [-0.3, -0.25) is 9.59 Å². The van der Waals surface area contributed by atoms with E-state index in [4.69, 9.17) is 46.4 Å². The third-order valence-corrected chi connectivity index (χ3v) is 6.10. The van der Waals surface area contributed by atoms with Crippen molar-refractivity contribution in [3.8, 4) is 0 Å². The van der Waals surface area contributed by atoms with Gasteiger partial charge < -0.3 is 0 Å². The Hall–Kier alpha value is -1.77. The Morgan fingerprint density at radius 2 is 1.16 bits per heavy atom. The van der Waals surface area contributed by atoms with E-state index < -0.39 is 0 Å². The quantitative estimate of drug-likeness (QED) is 0.250. The molecule has 0 heterocycles. The fourth-order valence-corrected chi connectivity index (χ4v) is 3.56. The summed E-state index contributed by atoms with van der Waals surface area (Å²) in [6.07, 6.45) is 3.52. The lowest BCUT2D eigenvalue weighted by atomic mass is 10.2. The number of halogens is 4. The van der Waals surface area contributed by atoms with Crippen molar-refractivity contribution in [1.82, 2.24) is 10.9 Å². The van der Waals surface area contributed by atoms with Crippen LogP contribution in [0.25, 0.3) is 0 Å². The van der Waals surface area contributed by atoms with E-state index in [1.807, 2.05) is 0 Å². The molecule has 2 rings (SSSR count). The highest BCUT2D eigenvalue weighted by molar-refractivity contribution is 7.99. The molecule has 0 aliphatic heterocycles. The van der Waals surface area contributed by atoms with Gasteiger partial charge in [0.2, 0.25) is 11.8 Å². The molecule has 2 aromatic rings. The van der Waals surface area contributed by atoms with Gasteiger partial charge in [0.05, 0.1) is 32.5 Å². The van der Waals surface area contributed by atoms with Crippen molar-refractivity contribution in [3.63, 3.8) is 0 Å². The molecule has 31 heavy (non-hydrogen) atoms. The normalized spacial score (nSPS) is 11.2. The van der Waals surface area contributed by atoms with Crippen molar-refractivity contribution < 1.29 is 9.59 Å². The summed E-state index contributed by atoms with van der Waals surface area (Å²) in [6, 6.07) is 10.1. The van der Waals surface area contributed by atoms with Crippen LogP contribution in [0.5, 0.6) is 0 Å². The average Bonchev–Trinajstić information content (AvgIpc) is 2.73. The van der Waals surface area contributed by atoms with E-state index in [1.54, 1.807) is 36.4 Å². The largest absolute Gasteiger partial charge is 0.273 e. The minimum atomic E-state index is -0.223. The number of benzene rings is 2. The van der Waals surface area contributed by atoms with Crippen LogP contribution in [0, 0.1) is 0 Å². The number of hydrazone groups is 2. The first-order valence-electron chi connectivity index (χ1n) is 8.97. The van der Waals surface area contributed by atoms with Gasteiger partial charge in [0.15, 0.2) is 0 Å². The van der Waals surface area contributed by atoms with E-state index in [-0.39, 0.29) is 24.7 Å². The minimum Gasteiger partial charge on any atom is -0.273 e. The molecular formula is C20H18Cl4N4O2S. The Balaban J connectivity index is 1.57. The molecule has 0 spiro atoms. The number of hydrogen-bond donors (Lipinski definition) is 2. The number of thioether (sulfide) groups is 1. The van der Waals surface area contributed by atoms with Gasteiger partial charge in [-0.15, -0.1) is 0 Å². The lowest BCUT2D eigenvalue weighted by molar-refractivity contribution is -0.121. The van der Waals surface area contributed by atoms with Crippen LogP contribution in [-0.2, 0) is 9.59 Å². The first-order valence-corrected chi connectivity index (χ1v) is 11.6. The molecule has 2 amide bonds. The third-order valence-electron chi connectivity index (χ3n) is 3.64. The predicted octanol–water partition coefficient (Wildman–Crippen LogP) is 5.41. The average molecular weight is 520 g/mol. The summed E-state index contributed by atoms with van der Waals surface area (Å²) in [5.41, 5.74) is 6.32. The number of amides is 2. The highest BCUT2D eigenvalue weighted by Gasteiger charge is 2.03. The molecule has 0 bridgehead atoms. The minimum absolute atomic E-state index is 0.223. The summed E-state index contributed by atoms with van der Waals surface area (Å²) in [5, 5.41) is 9.48. The molecule has 0 saturated carbocycles. The summed E-state index contributed by atoms with van der Waals surface area (Å²) in [7, 11) is 0. The van der Waals surface area contributed by atoms with Crippen molar-refractivity contribution in [1.29, 1.82) is 0 Å². The van der Waals surface area contributed by atoms with Crippen molar-refractivity contribution in [2.75, 3.05) is 11.5 Å². The van der Waals surface area contributed by atoms with Crippen molar-refractivity contribution in [3.05, 3.63) is 67.6 Å². The van der Waals surface area contributed by atoms with Crippen LogP contribution < -0.4 is 10.9 Å². The summed E-state index contributed by atoms with van der Waals surface area (Å²) < 4.78 is 0. The van der Waals surface area contributed by atoms with Crippen LogP contribution in [-0.4, -0.2) is 35.7 Å². The smallest absolute Gasteiger partial charge is 0.240 e. The summed E-state index contributed by atoms with van der Waals surface area (Å²) in [5.74, 6) is 0.681. The molecule has 0 atom stereocenters. The Bertz CT molecular complexity index is 908. The zero-order chi connectivity index (χ0) is 22.6. The third kappa shape index (κ3) is 9.93. The van der Waals surface area contributed by atoms with E-state index in [0.717, 1.165) is 11.1 Å². The Labute approximate surface area is 204 Å².